The molecule has 1 aromatic carbocycles. The summed E-state index contributed by atoms with van der Waals surface area (Å²) in [6.45, 7) is 0.576. The van der Waals surface area contributed by atoms with Gasteiger partial charge in [-0.15, -0.1) is 11.3 Å². The van der Waals surface area contributed by atoms with Crippen LogP contribution < -0.4 is 10.6 Å². The molecule has 19 heavy (non-hydrogen) atoms. The van der Waals surface area contributed by atoms with Gasteiger partial charge in [-0.1, -0.05) is 6.07 Å². The number of anilines is 2. The number of benzene rings is 1. The first-order valence-corrected chi connectivity index (χ1v) is 7.07. The van der Waals surface area contributed by atoms with Crippen LogP contribution in [0, 0.1) is 11.6 Å². The second-order valence-electron chi connectivity index (χ2n) is 4.74. The second-order valence-corrected chi connectivity index (χ2v) is 5.77. The highest BCUT2D eigenvalue weighted by Gasteiger charge is 2.32. The van der Waals surface area contributed by atoms with E-state index in [-0.39, 0.29) is 11.7 Å². The van der Waals surface area contributed by atoms with E-state index in [0.29, 0.717) is 12.2 Å². The Bertz CT molecular complexity index is 579. The molecule has 1 aromatic heterocycles. The van der Waals surface area contributed by atoms with Crippen molar-refractivity contribution in [2.45, 2.75) is 25.4 Å². The second kappa shape index (κ2) is 4.81. The number of hydrogen-bond donors (Lipinski definition) is 1. The van der Waals surface area contributed by atoms with Crippen molar-refractivity contribution in [2.75, 3.05) is 10.6 Å². The molecule has 1 aliphatic carbocycles. The minimum absolute atomic E-state index is 0.205. The van der Waals surface area contributed by atoms with E-state index in [1.165, 1.54) is 6.07 Å². The molecule has 0 radical (unpaired) electrons. The van der Waals surface area contributed by atoms with Gasteiger partial charge >= 0.3 is 0 Å². The van der Waals surface area contributed by atoms with Gasteiger partial charge in [0.15, 0.2) is 11.6 Å². The predicted molar refractivity (Wildman–Crippen MR) is 74.3 cm³/mol. The molecule has 1 saturated carbocycles. The van der Waals surface area contributed by atoms with Crippen molar-refractivity contribution < 1.29 is 8.78 Å². The van der Waals surface area contributed by atoms with E-state index in [1.807, 2.05) is 22.4 Å². The summed E-state index contributed by atoms with van der Waals surface area (Å²) in [5.41, 5.74) is 6.34. The summed E-state index contributed by atoms with van der Waals surface area (Å²) in [7, 11) is 0. The van der Waals surface area contributed by atoms with Crippen LogP contribution in [0.2, 0.25) is 0 Å². The van der Waals surface area contributed by atoms with Crippen molar-refractivity contribution in [3.8, 4) is 0 Å². The first-order chi connectivity index (χ1) is 9.16. The molecule has 1 aliphatic rings. The van der Waals surface area contributed by atoms with Crippen molar-refractivity contribution in [3.63, 3.8) is 0 Å². The van der Waals surface area contributed by atoms with Crippen molar-refractivity contribution in [1.82, 2.24) is 0 Å². The summed E-state index contributed by atoms with van der Waals surface area (Å²) < 4.78 is 27.5. The molecule has 3 rings (SSSR count). The van der Waals surface area contributed by atoms with Gasteiger partial charge in [0, 0.05) is 10.9 Å². The normalized spacial score (nSPS) is 14.6. The van der Waals surface area contributed by atoms with E-state index >= 15 is 0 Å². The fraction of sp³-hybridized carbons (Fsp3) is 0.286. The Hall–Kier alpha value is -1.62. The zero-order valence-electron chi connectivity index (χ0n) is 10.3. The van der Waals surface area contributed by atoms with E-state index in [9.17, 15) is 8.78 Å². The number of nitrogens with two attached hydrogens (primary N) is 1. The molecule has 2 N–H and O–H groups in total. The molecule has 0 amide bonds. The van der Waals surface area contributed by atoms with Crippen LogP contribution in [-0.2, 0) is 6.54 Å². The first kappa shape index (κ1) is 12.4. The van der Waals surface area contributed by atoms with E-state index in [0.717, 1.165) is 23.8 Å². The lowest BCUT2D eigenvalue weighted by molar-refractivity contribution is 0.506. The summed E-state index contributed by atoms with van der Waals surface area (Å²) in [5.74, 6) is -1.69. The molecule has 100 valence electrons. The van der Waals surface area contributed by atoms with Crippen LogP contribution >= 0.6 is 11.3 Å². The molecular formula is C14H14F2N2S. The average molecular weight is 280 g/mol. The van der Waals surface area contributed by atoms with Crippen molar-refractivity contribution in [3.05, 3.63) is 46.2 Å². The number of thiophene rings is 1. The molecule has 0 aliphatic heterocycles. The van der Waals surface area contributed by atoms with Gasteiger partial charge in [-0.05, 0) is 36.4 Å². The third-order valence-corrected chi connectivity index (χ3v) is 4.14. The number of nitrogen functional groups attached to an aromatic ring is 1. The highest BCUT2D eigenvalue weighted by Crippen LogP contribution is 2.38. The number of hydrogen-bond acceptors (Lipinski definition) is 3. The summed E-state index contributed by atoms with van der Waals surface area (Å²) in [5, 5.41) is 1.98. The summed E-state index contributed by atoms with van der Waals surface area (Å²) >= 11 is 1.61. The van der Waals surface area contributed by atoms with Crippen molar-refractivity contribution in [1.29, 1.82) is 0 Å². The smallest absolute Gasteiger partial charge is 0.184 e. The summed E-state index contributed by atoms with van der Waals surface area (Å²) in [4.78, 5) is 3.01. The molecule has 0 unspecified atom stereocenters. The minimum atomic E-state index is -0.846. The highest BCUT2D eigenvalue weighted by molar-refractivity contribution is 7.09. The molecule has 1 fully saturated rings. The third-order valence-electron chi connectivity index (χ3n) is 3.28. The first-order valence-electron chi connectivity index (χ1n) is 6.19. The predicted octanol–water partition coefficient (Wildman–Crippen LogP) is 3.78. The zero-order valence-corrected chi connectivity index (χ0v) is 11.1. The maximum absolute atomic E-state index is 14.0. The van der Waals surface area contributed by atoms with Crippen LogP contribution in [0.5, 0.6) is 0 Å². The molecule has 0 spiro atoms. The molecule has 0 saturated heterocycles. The van der Waals surface area contributed by atoms with Crippen LogP contribution in [-0.4, -0.2) is 6.04 Å². The topological polar surface area (TPSA) is 29.3 Å². The van der Waals surface area contributed by atoms with Gasteiger partial charge in [-0.2, -0.15) is 0 Å². The minimum Gasteiger partial charge on any atom is -0.397 e. The van der Waals surface area contributed by atoms with Gasteiger partial charge in [0.1, 0.15) is 0 Å². The van der Waals surface area contributed by atoms with E-state index < -0.39 is 11.6 Å². The van der Waals surface area contributed by atoms with Crippen LogP contribution in [0.3, 0.4) is 0 Å². The number of rotatable bonds is 4. The Morgan fingerprint density at radius 2 is 2.05 bits per heavy atom. The molecule has 5 heteroatoms. The SMILES string of the molecule is Nc1ccc(F)c(F)c1N(Cc1cccs1)C1CC1. The van der Waals surface area contributed by atoms with Crippen LogP contribution in [0.15, 0.2) is 29.6 Å². The molecule has 2 aromatic rings. The van der Waals surface area contributed by atoms with E-state index in [2.05, 4.69) is 0 Å². The maximum atomic E-state index is 14.0. The van der Waals surface area contributed by atoms with Gasteiger partial charge in [-0.3, -0.25) is 0 Å². The summed E-state index contributed by atoms with van der Waals surface area (Å²) in [6, 6.07) is 6.71. The van der Waals surface area contributed by atoms with Gasteiger partial charge in [0.2, 0.25) is 0 Å². The van der Waals surface area contributed by atoms with Crippen molar-refractivity contribution >= 4 is 22.7 Å². The Morgan fingerprint density at radius 1 is 1.26 bits per heavy atom. The van der Waals surface area contributed by atoms with Gasteiger partial charge in [0.05, 0.1) is 17.9 Å². The molecule has 0 atom stereocenters. The Kier molecular flexibility index (Phi) is 3.14. The van der Waals surface area contributed by atoms with Gasteiger partial charge < -0.3 is 10.6 Å². The van der Waals surface area contributed by atoms with E-state index in [4.69, 9.17) is 5.73 Å². The quantitative estimate of drug-likeness (QED) is 0.864. The zero-order chi connectivity index (χ0) is 13.4. The van der Waals surface area contributed by atoms with Crippen molar-refractivity contribution in [2.24, 2.45) is 0 Å². The number of halogens is 2. The van der Waals surface area contributed by atoms with Crippen LogP contribution in [0.1, 0.15) is 17.7 Å². The monoisotopic (exact) mass is 280 g/mol. The van der Waals surface area contributed by atoms with Gasteiger partial charge in [-0.25, -0.2) is 8.78 Å². The molecule has 0 bridgehead atoms. The largest absolute Gasteiger partial charge is 0.397 e. The fourth-order valence-corrected chi connectivity index (χ4v) is 2.90. The summed E-state index contributed by atoms with van der Waals surface area (Å²) in [6.07, 6.45) is 2.00. The average Bonchev–Trinajstić information content (AvgIpc) is 3.11. The molecule has 1 heterocycles. The Morgan fingerprint density at radius 3 is 2.68 bits per heavy atom. The lowest BCUT2D eigenvalue weighted by atomic mass is 10.2. The van der Waals surface area contributed by atoms with Crippen LogP contribution in [0.25, 0.3) is 0 Å². The van der Waals surface area contributed by atoms with Gasteiger partial charge in [0.25, 0.3) is 0 Å². The Balaban J connectivity index is 1.98. The van der Waals surface area contributed by atoms with Crippen LogP contribution in [0.4, 0.5) is 20.2 Å². The lowest BCUT2D eigenvalue weighted by Crippen LogP contribution is -2.27. The third kappa shape index (κ3) is 2.42. The fourth-order valence-electron chi connectivity index (χ4n) is 2.19. The van der Waals surface area contributed by atoms with E-state index in [1.54, 1.807) is 11.3 Å². The Labute approximate surface area is 114 Å². The highest BCUT2D eigenvalue weighted by atomic mass is 32.1. The molecular weight excluding hydrogens is 266 g/mol. The molecule has 2 nitrogen and oxygen atoms in total. The standard InChI is InChI=1S/C14H14F2N2S/c15-11-5-6-12(17)14(13(11)16)18(9-3-4-9)8-10-2-1-7-19-10/h1-2,5-7,9H,3-4,8,17H2. The number of nitrogens with zero attached hydrogens (tertiary/aromatic N) is 1. The lowest BCUT2D eigenvalue weighted by Gasteiger charge is -2.26. The maximum Gasteiger partial charge on any atom is 0.184 e.